The van der Waals surface area contributed by atoms with Gasteiger partial charge in [-0.3, -0.25) is 9.59 Å². The largest absolute Gasteiger partial charge is 0.347 e. The Balaban J connectivity index is 1.54. The summed E-state index contributed by atoms with van der Waals surface area (Å²) >= 11 is 0. The second-order valence-corrected chi connectivity index (χ2v) is 7.89. The molecule has 1 aliphatic carbocycles. The first-order valence-electron chi connectivity index (χ1n) is 10.0. The van der Waals surface area contributed by atoms with Gasteiger partial charge in [0, 0.05) is 38.0 Å². The quantitative estimate of drug-likeness (QED) is 0.886. The maximum Gasteiger partial charge on any atom is 0.281 e. The Kier molecular flexibility index (Phi) is 6.30. The maximum absolute atomic E-state index is 12.8. The van der Waals surface area contributed by atoms with E-state index < -0.39 is 0 Å². The number of carbonyl (C=O) groups is 2. The number of carbonyl (C=O) groups excluding carboxylic acids is 2. The van der Waals surface area contributed by atoms with Crippen molar-refractivity contribution in [3.05, 3.63) is 35.9 Å². The van der Waals surface area contributed by atoms with Crippen LogP contribution < -0.4 is 5.73 Å². The van der Waals surface area contributed by atoms with Crippen LogP contribution >= 0.6 is 0 Å². The summed E-state index contributed by atoms with van der Waals surface area (Å²) in [6.07, 6.45) is 6.33. The average Bonchev–Trinajstić information content (AvgIpc) is 2.68. The molecular formula is C21H32N3O2+. The number of piperazine rings is 1. The van der Waals surface area contributed by atoms with Crippen LogP contribution in [-0.2, 0) is 16.0 Å². The summed E-state index contributed by atoms with van der Waals surface area (Å²) in [5.41, 5.74) is 5.23. The number of quaternary nitrogens is 1. The lowest BCUT2D eigenvalue weighted by Crippen LogP contribution is -2.70. The highest BCUT2D eigenvalue weighted by Gasteiger charge is 2.35. The van der Waals surface area contributed by atoms with Gasteiger partial charge in [0.2, 0.25) is 5.91 Å². The number of hydrogen-bond donors (Lipinski definition) is 1. The van der Waals surface area contributed by atoms with Gasteiger partial charge < -0.3 is 15.5 Å². The van der Waals surface area contributed by atoms with E-state index in [0.29, 0.717) is 32.0 Å². The molecular weight excluding hydrogens is 326 g/mol. The molecule has 3 N–H and O–H groups in total. The van der Waals surface area contributed by atoms with Crippen LogP contribution in [0.1, 0.15) is 44.6 Å². The van der Waals surface area contributed by atoms with Crippen molar-refractivity contribution in [3.63, 3.8) is 0 Å². The van der Waals surface area contributed by atoms with Gasteiger partial charge in [0.1, 0.15) is 0 Å². The van der Waals surface area contributed by atoms with Crippen molar-refractivity contribution in [2.75, 3.05) is 19.6 Å². The minimum absolute atomic E-state index is 0.0889. The molecule has 1 aliphatic heterocycles. The molecule has 1 aromatic rings. The Morgan fingerprint density at radius 1 is 1.12 bits per heavy atom. The van der Waals surface area contributed by atoms with Crippen molar-refractivity contribution in [2.24, 2.45) is 5.92 Å². The van der Waals surface area contributed by atoms with Crippen LogP contribution in [0.25, 0.3) is 0 Å². The lowest BCUT2D eigenvalue weighted by atomic mass is 9.87. The Hall–Kier alpha value is -1.88. The first-order valence-corrected chi connectivity index (χ1v) is 10.0. The van der Waals surface area contributed by atoms with Gasteiger partial charge in [-0.2, -0.15) is 0 Å². The Labute approximate surface area is 156 Å². The molecule has 0 spiro atoms. The van der Waals surface area contributed by atoms with Crippen LogP contribution in [0.5, 0.6) is 0 Å². The third-order valence-electron chi connectivity index (χ3n) is 5.85. The van der Waals surface area contributed by atoms with E-state index in [-0.39, 0.29) is 23.9 Å². The second kappa shape index (κ2) is 8.67. The van der Waals surface area contributed by atoms with Gasteiger partial charge in [-0.05, 0) is 25.3 Å². The summed E-state index contributed by atoms with van der Waals surface area (Å²) < 4.78 is 0. The molecule has 0 aromatic heterocycles. The third-order valence-corrected chi connectivity index (χ3v) is 5.85. The standard InChI is InChI=1S/C21H31N3O2/c1-16-15-23(21(26)19(22)14-17-8-4-2-5-9-17)12-13-24(16)20(25)18-10-6-3-7-11-18/h2,4-5,8-9,16,18-19H,3,6-7,10-15,22H2,1H3/p+1/t16-,19+/m1/s1. The fraction of sp³-hybridized carbons (Fsp3) is 0.619. The molecule has 0 unspecified atom stereocenters. The molecule has 1 aromatic carbocycles. The van der Waals surface area contributed by atoms with Crippen LogP contribution in [0, 0.1) is 5.92 Å². The van der Waals surface area contributed by atoms with Crippen LogP contribution in [0.2, 0.25) is 0 Å². The summed E-state index contributed by atoms with van der Waals surface area (Å²) in [7, 11) is 0. The average molecular weight is 359 g/mol. The van der Waals surface area contributed by atoms with Crippen molar-refractivity contribution in [1.82, 2.24) is 9.80 Å². The zero-order valence-electron chi connectivity index (χ0n) is 15.9. The van der Waals surface area contributed by atoms with Gasteiger partial charge >= 0.3 is 0 Å². The molecule has 2 fully saturated rings. The lowest BCUT2D eigenvalue weighted by molar-refractivity contribution is -0.405. The molecule has 2 aliphatic rings. The number of amides is 2. The van der Waals surface area contributed by atoms with Gasteiger partial charge in [-0.1, -0.05) is 49.6 Å². The van der Waals surface area contributed by atoms with E-state index in [9.17, 15) is 9.59 Å². The van der Waals surface area contributed by atoms with Crippen molar-refractivity contribution < 1.29 is 15.3 Å². The van der Waals surface area contributed by atoms with Crippen molar-refractivity contribution >= 4 is 11.8 Å². The molecule has 0 radical (unpaired) electrons. The molecule has 2 amide bonds. The molecule has 5 nitrogen and oxygen atoms in total. The minimum atomic E-state index is -0.273. The molecule has 26 heavy (non-hydrogen) atoms. The van der Waals surface area contributed by atoms with Gasteiger partial charge in [0.25, 0.3) is 5.91 Å². The fourth-order valence-electron chi connectivity index (χ4n) is 4.31. The molecule has 1 saturated carbocycles. The van der Waals surface area contributed by atoms with E-state index in [0.717, 1.165) is 18.4 Å². The predicted octanol–water partition coefficient (Wildman–Crippen LogP) is 1.48. The van der Waals surface area contributed by atoms with E-state index in [1.807, 2.05) is 40.1 Å². The topological polar surface area (TPSA) is 68.3 Å². The van der Waals surface area contributed by atoms with Gasteiger partial charge in [-0.15, -0.1) is 0 Å². The molecule has 1 saturated heterocycles. The number of benzene rings is 1. The maximum atomic E-state index is 12.8. The highest BCUT2D eigenvalue weighted by atomic mass is 16.2. The predicted molar refractivity (Wildman–Crippen MR) is 101 cm³/mol. The summed E-state index contributed by atoms with van der Waals surface area (Å²) in [6.45, 7) is 3.97. The molecule has 2 atom stereocenters. The summed E-state index contributed by atoms with van der Waals surface area (Å²) in [4.78, 5) is 29.5. The molecule has 1 heterocycles. The summed E-state index contributed by atoms with van der Waals surface area (Å²) in [5, 5.41) is 0. The number of nitrogens with zero attached hydrogens (tertiary/aromatic N) is 2. The Bertz CT molecular complexity index is 613. The van der Waals surface area contributed by atoms with Gasteiger partial charge in [-0.25, -0.2) is 0 Å². The number of rotatable bonds is 4. The minimum Gasteiger partial charge on any atom is -0.347 e. The van der Waals surface area contributed by atoms with Crippen molar-refractivity contribution in [3.8, 4) is 0 Å². The normalized spacial score (nSPS) is 22.9. The van der Waals surface area contributed by atoms with Gasteiger partial charge in [0.05, 0.1) is 0 Å². The molecule has 0 bridgehead atoms. The van der Waals surface area contributed by atoms with Crippen molar-refractivity contribution in [2.45, 2.75) is 57.5 Å². The first-order chi connectivity index (χ1) is 12.6. The van der Waals surface area contributed by atoms with E-state index in [1.165, 1.54) is 19.3 Å². The van der Waals surface area contributed by atoms with Crippen LogP contribution in [-0.4, -0.2) is 53.3 Å². The monoisotopic (exact) mass is 358 g/mol. The van der Waals surface area contributed by atoms with Crippen LogP contribution in [0.4, 0.5) is 0 Å². The lowest BCUT2D eigenvalue weighted by Gasteiger charge is -2.42. The fourth-order valence-corrected chi connectivity index (χ4v) is 4.31. The molecule has 3 rings (SSSR count). The van der Waals surface area contributed by atoms with Gasteiger partial charge in [0.15, 0.2) is 6.04 Å². The molecule has 142 valence electrons. The zero-order valence-corrected chi connectivity index (χ0v) is 15.9. The Morgan fingerprint density at radius 2 is 1.81 bits per heavy atom. The van der Waals surface area contributed by atoms with E-state index in [4.69, 9.17) is 0 Å². The third kappa shape index (κ3) is 4.44. The summed E-state index contributed by atoms with van der Waals surface area (Å²) in [6, 6.07) is 9.85. The van der Waals surface area contributed by atoms with Crippen LogP contribution in [0.15, 0.2) is 30.3 Å². The second-order valence-electron chi connectivity index (χ2n) is 7.89. The molecule has 5 heteroatoms. The smallest absolute Gasteiger partial charge is 0.281 e. The van der Waals surface area contributed by atoms with E-state index in [2.05, 4.69) is 12.7 Å². The SMILES string of the molecule is C[C@@H]1CN(C(=O)[C@@H]([NH3+])Cc2ccccc2)CCN1C(=O)C1CCCCC1. The van der Waals surface area contributed by atoms with E-state index in [1.54, 1.807) is 0 Å². The summed E-state index contributed by atoms with van der Waals surface area (Å²) in [5.74, 6) is 0.609. The highest BCUT2D eigenvalue weighted by Crippen LogP contribution is 2.27. The number of hydrogen-bond acceptors (Lipinski definition) is 2. The van der Waals surface area contributed by atoms with Crippen LogP contribution in [0.3, 0.4) is 0 Å². The highest BCUT2D eigenvalue weighted by molar-refractivity contribution is 5.82. The first kappa shape index (κ1) is 18.9. The Morgan fingerprint density at radius 3 is 2.46 bits per heavy atom. The van der Waals surface area contributed by atoms with Crippen molar-refractivity contribution in [1.29, 1.82) is 0 Å². The zero-order chi connectivity index (χ0) is 18.5. The van der Waals surface area contributed by atoms with E-state index >= 15 is 0 Å².